The maximum atomic E-state index is 13.4. The Hall–Kier alpha value is -4.01. The third-order valence-corrected chi connectivity index (χ3v) is 5.33. The number of hydrogen-bond donors (Lipinski definition) is 2. The van der Waals surface area contributed by atoms with Gasteiger partial charge in [0.05, 0.1) is 30.8 Å². The van der Waals surface area contributed by atoms with Gasteiger partial charge < -0.3 is 19.9 Å². The van der Waals surface area contributed by atoms with E-state index in [1.54, 1.807) is 48.5 Å². The molecule has 0 saturated heterocycles. The first-order valence-electron chi connectivity index (χ1n) is 9.77. The first-order valence-corrected chi connectivity index (χ1v) is 9.77. The van der Waals surface area contributed by atoms with Crippen LogP contribution in [0.4, 0.5) is 0 Å². The fourth-order valence-corrected chi connectivity index (χ4v) is 3.69. The summed E-state index contributed by atoms with van der Waals surface area (Å²) in [5, 5.41) is 13.3. The molecule has 1 aromatic heterocycles. The van der Waals surface area contributed by atoms with Crippen molar-refractivity contribution in [2.24, 2.45) is 11.8 Å². The molecular formula is C23H22N2O7. The van der Waals surface area contributed by atoms with Crippen molar-refractivity contribution in [3.05, 3.63) is 54.1 Å². The molecule has 3 aromatic rings. The van der Waals surface area contributed by atoms with Crippen LogP contribution in [0.3, 0.4) is 0 Å². The first-order chi connectivity index (χ1) is 15.3. The van der Waals surface area contributed by atoms with E-state index in [0.29, 0.717) is 21.8 Å². The first kappa shape index (κ1) is 22.7. The van der Waals surface area contributed by atoms with Gasteiger partial charge in [0.25, 0.3) is 5.91 Å². The lowest BCUT2D eigenvalue weighted by Gasteiger charge is -2.26. The Bertz CT molecular complexity index is 1140. The lowest BCUT2D eigenvalue weighted by molar-refractivity contribution is -0.162. The van der Waals surface area contributed by atoms with Crippen molar-refractivity contribution in [1.29, 1.82) is 0 Å². The summed E-state index contributed by atoms with van der Waals surface area (Å²) >= 11 is 0. The van der Waals surface area contributed by atoms with Crippen LogP contribution >= 0.6 is 0 Å². The number of benzene rings is 2. The normalized spacial score (nSPS) is 12.9. The molecule has 9 nitrogen and oxygen atoms in total. The van der Waals surface area contributed by atoms with E-state index in [-0.39, 0.29) is 5.56 Å². The molecule has 2 N–H and O–H groups in total. The van der Waals surface area contributed by atoms with Gasteiger partial charge >= 0.3 is 17.9 Å². The van der Waals surface area contributed by atoms with E-state index in [1.165, 1.54) is 6.92 Å². The van der Waals surface area contributed by atoms with Crippen molar-refractivity contribution in [2.45, 2.75) is 13.0 Å². The average molecular weight is 438 g/mol. The number of carbonyl (C=O) groups excluding carboxylic acids is 3. The second-order valence-corrected chi connectivity index (χ2v) is 7.19. The number of hydrogen-bond acceptors (Lipinski definition) is 7. The molecule has 0 aliphatic rings. The lowest BCUT2D eigenvalue weighted by Crippen LogP contribution is -2.50. The number of nitrogens with zero attached hydrogens (tertiary/aromatic N) is 1. The minimum atomic E-state index is -1.57. The maximum absolute atomic E-state index is 13.4. The molecule has 9 heteroatoms. The third kappa shape index (κ3) is 4.22. The van der Waals surface area contributed by atoms with Gasteiger partial charge in [0, 0.05) is 16.7 Å². The molecule has 32 heavy (non-hydrogen) atoms. The molecule has 0 spiro atoms. The summed E-state index contributed by atoms with van der Waals surface area (Å²) in [6, 6.07) is 12.4. The molecule has 0 bridgehead atoms. The molecule has 1 amide bonds. The number of carbonyl (C=O) groups is 4. The Labute approximate surface area is 183 Å². The van der Waals surface area contributed by atoms with Gasteiger partial charge in [0.1, 0.15) is 6.04 Å². The van der Waals surface area contributed by atoms with Gasteiger partial charge in [-0.05, 0) is 12.1 Å². The van der Waals surface area contributed by atoms with Crippen LogP contribution < -0.4 is 5.32 Å². The highest BCUT2D eigenvalue weighted by Gasteiger charge is 2.42. The molecule has 1 heterocycles. The number of carboxylic acids is 1. The van der Waals surface area contributed by atoms with Crippen LogP contribution in [0.25, 0.3) is 21.8 Å². The van der Waals surface area contributed by atoms with Crippen molar-refractivity contribution in [2.75, 3.05) is 14.2 Å². The molecule has 2 atom stereocenters. The van der Waals surface area contributed by atoms with E-state index in [0.717, 1.165) is 14.2 Å². The zero-order chi connectivity index (χ0) is 23.4. The van der Waals surface area contributed by atoms with Gasteiger partial charge in [0.2, 0.25) is 0 Å². The van der Waals surface area contributed by atoms with E-state index >= 15 is 0 Å². The minimum Gasteiger partial charge on any atom is -0.480 e. The predicted octanol–water partition coefficient (Wildman–Crippen LogP) is 2.17. The van der Waals surface area contributed by atoms with Crippen molar-refractivity contribution >= 4 is 45.6 Å². The van der Waals surface area contributed by atoms with E-state index in [2.05, 4.69) is 19.8 Å². The molecule has 0 radical (unpaired) electrons. The third-order valence-electron chi connectivity index (χ3n) is 5.33. The van der Waals surface area contributed by atoms with E-state index in [1.807, 2.05) is 0 Å². The summed E-state index contributed by atoms with van der Waals surface area (Å²) in [4.78, 5) is 54.2. The van der Waals surface area contributed by atoms with Crippen molar-refractivity contribution in [1.82, 2.24) is 10.3 Å². The molecular weight excluding hydrogens is 416 g/mol. The van der Waals surface area contributed by atoms with Gasteiger partial charge in [0.15, 0.2) is 5.92 Å². The number of para-hydroxylation sites is 2. The average Bonchev–Trinajstić information content (AvgIpc) is 2.80. The molecule has 2 aromatic carbocycles. The topological polar surface area (TPSA) is 132 Å². The van der Waals surface area contributed by atoms with Crippen LogP contribution in [0.15, 0.2) is 48.5 Å². The SMILES string of the molecule is COC(=O)C(C(=O)OC)[C@H](C)[C@@H](NC(=O)c1c2ccccc2nc2ccccc12)C(=O)O. The highest BCUT2D eigenvalue weighted by Crippen LogP contribution is 2.27. The number of fused-ring (bicyclic) bond motifs is 2. The number of carboxylic acid groups (broad SMARTS) is 1. The quantitative estimate of drug-likeness (QED) is 0.326. The monoisotopic (exact) mass is 438 g/mol. The molecule has 3 rings (SSSR count). The van der Waals surface area contributed by atoms with Gasteiger partial charge in [-0.1, -0.05) is 43.3 Å². The number of ether oxygens (including phenoxy) is 2. The zero-order valence-corrected chi connectivity index (χ0v) is 17.7. The number of rotatable bonds is 7. The standard InChI is InChI=1S/C23H22N2O7/c1-12(17(22(29)31-2)23(30)32-3)19(21(27)28)25-20(26)18-13-8-4-6-10-15(13)24-16-11-7-5-9-14(16)18/h4-12,17,19H,1-3H3,(H,25,26)(H,27,28)/t12-,19+/m0/s1. The van der Waals surface area contributed by atoms with Gasteiger partial charge in [-0.2, -0.15) is 0 Å². The fourth-order valence-electron chi connectivity index (χ4n) is 3.69. The second kappa shape index (κ2) is 9.42. The van der Waals surface area contributed by atoms with Crippen LogP contribution in [-0.4, -0.2) is 54.2 Å². The molecule has 0 aliphatic carbocycles. The lowest BCUT2D eigenvalue weighted by atomic mass is 9.87. The van der Waals surface area contributed by atoms with E-state index in [4.69, 9.17) is 0 Å². The molecule has 0 saturated carbocycles. The Morgan fingerprint density at radius 3 is 1.78 bits per heavy atom. The van der Waals surface area contributed by atoms with Crippen molar-refractivity contribution < 1.29 is 33.8 Å². The Balaban J connectivity index is 2.06. The summed E-state index contributed by atoms with van der Waals surface area (Å²) < 4.78 is 9.28. The predicted molar refractivity (Wildman–Crippen MR) is 115 cm³/mol. The van der Waals surface area contributed by atoms with Gasteiger partial charge in [-0.15, -0.1) is 0 Å². The summed E-state index contributed by atoms with van der Waals surface area (Å²) in [6.45, 7) is 1.36. The summed E-state index contributed by atoms with van der Waals surface area (Å²) in [5.74, 6) is -6.68. The fraction of sp³-hybridized carbons (Fsp3) is 0.261. The number of aliphatic carboxylic acids is 1. The molecule has 166 valence electrons. The molecule has 0 fully saturated rings. The number of esters is 2. The van der Waals surface area contributed by atoms with Crippen LogP contribution in [-0.2, 0) is 23.9 Å². The van der Waals surface area contributed by atoms with Crippen molar-refractivity contribution in [3.63, 3.8) is 0 Å². The zero-order valence-electron chi connectivity index (χ0n) is 17.7. The summed E-state index contributed by atoms with van der Waals surface area (Å²) in [7, 11) is 2.16. The Morgan fingerprint density at radius 1 is 0.875 bits per heavy atom. The Morgan fingerprint density at radius 2 is 1.34 bits per heavy atom. The number of aromatic nitrogens is 1. The van der Waals surface area contributed by atoms with Crippen molar-refractivity contribution in [3.8, 4) is 0 Å². The Kier molecular flexibility index (Phi) is 6.67. The number of methoxy groups -OCH3 is 2. The highest BCUT2D eigenvalue weighted by atomic mass is 16.5. The highest BCUT2D eigenvalue weighted by molar-refractivity contribution is 6.16. The van der Waals surface area contributed by atoms with Crippen LogP contribution in [0.5, 0.6) is 0 Å². The smallest absolute Gasteiger partial charge is 0.326 e. The minimum absolute atomic E-state index is 0.248. The van der Waals surface area contributed by atoms with E-state index in [9.17, 15) is 24.3 Å². The number of nitrogens with one attached hydrogen (secondary N) is 1. The molecule has 0 aliphatic heterocycles. The molecule has 0 unspecified atom stereocenters. The second-order valence-electron chi connectivity index (χ2n) is 7.19. The van der Waals surface area contributed by atoms with Crippen LogP contribution in [0.1, 0.15) is 17.3 Å². The van der Waals surface area contributed by atoms with Gasteiger partial charge in [-0.3, -0.25) is 14.4 Å². The summed E-state index contributed by atoms with van der Waals surface area (Å²) in [6.07, 6.45) is 0. The van der Waals surface area contributed by atoms with Crippen LogP contribution in [0.2, 0.25) is 0 Å². The maximum Gasteiger partial charge on any atom is 0.326 e. The van der Waals surface area contributed by atoms with Gasteiger partial charge in [-0.25, -0.2) is 9.78 Å². The number of amides is 1. The van der Waals surface area contributed by atoms with E-state index < -0.39 is 41.7 Å². The number of pyridine rings is 1. The van der Waals surface area contributed by atoms with Crippen LogP contribution in [0, 0.1) is 11.8 Å². The largest absolute Gasteiger partial charge is 0.480 e. The summed E-state index contributed by atoms with van der Waals surface area (Å²) in [5.41, 5.74) is 1.38.